The van der Waals surface area contributed by atoms with Crippen molar-refractivity contribution in [1.29, 1.82) is 0 Å². The van der Waals surface area contributed by atoms with Crippen LogP contribution in [-0.4, -0.2) is 6.54 Å². The van der Waals surface area contributed by atoms with E-state index in [0.717, 1.165) is 4.47 Å². The fourth-order valence-corrected chi connectivity index (χ4v) is 2.03. The molecule has 90 valence electrons. The van der Waals surface area contributed by atoms with Crippen molar-refractivity contribution in [2.75, 3.05) is 11.9 Å². The zero-order chi connectivity index (χ0) is 12.3. The third-order valence-corrected chi connectivity index (χ3v) is 3.06. The van der Waals surface area contributed by atoms with Crippen LogP contribution in [0.15, 0.2) is 45.5 Å². The zero-order valence-electron chi connectivity index (χ0n) is 8.99. The normalized spacial score (nSPS) is 12.4. The number of anilines is 1. The summed E-state index contributed by atoms with van der Waals surface area (Å²) in [6.07, 6.45) is 1.56. The van der Waals surface area contributed by atoms with Gasteiger partial charge >= 0.3 is 0 Å². The summed E-state index contributed by atoms with van der Waals surface area (Å²) in [5.41, 5.74) is 6.07. The van der Waals surface area contributed by atoms with Crippen LogP contribution < -0.4 is 11.1 Å². The minimum Gasteiger partial charge on any atom is -0.466 e. The number of halogens is 2. The average molecular weight is 299 g/mol. The van der Waals surface area contributed by atoms with Crippen molar-refractivity contribution < 1.29 is 8.81 Å². The van der Waals surface area contributed by atoms with Gasteiger partial charge in [0.1, 0.15) is 11.6 Å². The van der Waals surface area contributed by atoms with E-state index in [2.05, 4.69) is 21.2 Å². The molecule has 1 unspecified atom stereocenters. The van der Waals surface area contributed by atoms with Gasteiger partial charge in [-0.2, -0.15) is 0 Å². The Morgan fingerprint density at radius 2 is 2.12 bits per heavy atom. The molecule has 0 spiro atoms. The Morgan fingerprint density at radius 1 is 1.35 bits per heavy atom. The Morgan fingerprint density at radius 3 is 2.71 bits per heavy atom. The van der Waals surface area contributed by atoms with E-state index >= 15 is 0 Å². The molecule has 0 saturated heterocycles. The molecule has 0 aliphatic carbocycles. The van der Waals surface area contributed by atoms with Crippen LogP contribution >= 0.6 is 15.9 Å². The van der Waals surface area contributed by atoms with E-state index in [0.29, 0.717) is 18.0 Å². The number of rotatable bonds is 4. The van der Waals surface area contributed by atoms with E-state index in [1.165, 1.54) is 6.07 Å². The van der Waals surface area contributed by atoms with Crippen molar-refractivity contribution in [3.63, 3.8) is 0 Å². The largest absolute Gasteiger partial charge is 0.466 e. The Hall–Kier alpha value is -1.33. The van der Waals surface area contributed by atoms with Crippen LogP contribution in [0.1, 0.15) is 11.8 Å². The zero-order valence-corrected chi connectivity index (χ0v) is 10.6. The van der Waals surface area contributed by atoms with Crippen LogP contribution in [0, 0.1) is 5.82 Å². The lowest BCUT2D eigenvalue weighted by Crippen LogP contribution is -2.21. The van der Waals surface area contributed by atoms with Crippen molar-refractivity contribution in [3.8, 4) is 0 Å². The Bertz CT molecular complexity index is 501. The second-order valence-corrected chi connectivity index (χ2v) is 4.40. The van der Waals surface area contributed by atoms with Crippen LogP contribution in [-0.2, 0) is 0 Å². The first-order chi connectivity index (χ1) is 8.22. The Kier molecular flexibility index (Phi) is 3.81. The highest BCUT2D eigenvalue weighted by Crippen LogP contribution is 2.27. The van der Waals surface area contributed by atoms with Gasteiger partial charge in [-0.25, -0.2) is 4.39 Å². The molecule has 0 aliphatic heterocycles. The second kappa shape index (κ2) is 5.33. The Labute approximate surface area is 107 Å². The van der Waals surface area contributed by atoms with Crippen LogP contribution in [0.3, 0.4) is 0 Å². The van der Waals surface area contributed by atoms with Gasteiger partial charge in [-0.05, 0) is 34.1 Å². The number of para-hydroxylation sites is 1. The first-order valence-electron chi connectivity index (χ1n) is 5.16. The first kappa shape index (κ1) is 12.1. The van der Waals surface area contributed by atoms with Gasteiger partial charge in [0.15, 0.2) is 0 Å². The average Bonchev–Trinajstić information content (AvgIpc) is 2.75. The van der Waals surface area contributed by atoms with E-state index in [1.807, 2.05) is 0 Å². The number of furan rings is 1. The van der Waals surface area contributed by atoms with Gasteiger partial charge in [-0.3, -0.25) is 0 Å². The standard InChI is InChI=1S/C12H12BrFN2O/c13-8-5-6-17-12(8)11(7-15)16-10-4-2-1-3-9(10)14/h1-6,11,16H,7,15H2. The van der Waals surface area contributed by atoms with Crippen LogP contribution in [0.5, 0.6) is 0 Å². The molecule has 0 radical (unpaired) electrons. The molecule has 17 heavy (non-hydrogen) atoms. The summed E-state index contributed by atoms with van der Waals surface area (Å²) < 4.78 is 19.6. The lowest BCUT2D eigenvalue weighted by Gasteiger charge is -2.16. The molecule has 1 atom stereocenters. The van der Waals surface area contributed by atoms with Crippen molar-refractivity contribution in [1.82, 2.24) is 0 Å². The molecule has 2 rings (SSSR count). The minimum atomic E-state index is -0.311. The summed E-state index contributed by atoms with van der Waals surface area (Å²) >= 11 is 3.36. The molecule has 5 heteroatoms. The third-order valence-electron chi connectivity index (χ3n) is 2.40. The van der Waals surface area contributed by atoms with E-state index in [-0.39, 0.29) is 11.9 Å². The Balaban J connectivity index is 2.22. The maximum absolute atomic E-state index is 13.5. The fraction of sp³-hybridized carbons (Fsp3) is 0.167. The van der Waals surface area contributed by atoms with Gasteiger partial charge in [-0.15, -0.1) is 0 Å². The maximum atomic E-state index is 13.5. The molecule has 3 nitrogen and oxygen atoms in total. The predicted molar refractivity (Wildman–Crippen MR) is 68.2 cm³/mol. The van der Waals surface area contributed by atoms with Gasteiger partial charge in [-0.1, -0.05) is 12.1 Å². The highest BCUT2D eigenvalue weighted by Gasteiger charge is 2.17. The molecular formula is C12H12BrFN2O. The highest BCUT2D eigenvalue weighted by molar-refractivity contribution is 9.10. The van der Waals surface area contributed by atoms with Crippen LogP contribution in [0.2, 0.25) is 0 Å². The molecular weight excluding hydrogens is 287 g/mol. The van der Waals surface area contributed by atoms with Gasteiger partial charge in [0, 0.05) is 6.54 Å². The summed E-state index contributed by atoms with van der Waals surface area (Å²) in [6.45, 7) is 0.306. The molecule has 2 aromatic rings. The number of hydrogen-bond acceptors (Lipinski definition) is 3. The number of nitrogens with one attached hydrogen (secondary N) is 1. The molecule has 0 aliphatic rings. The number of nitrogens with two attached hydrogens (primary N) is 1. The molecule has 0 bridgehead atoms. The summed E-state index contributed by atoms with van der Waals surface area (Å²) in [5.74, 6) is 0.351. The number of hydrogen-bond donors (Lipinski definition) is 2. The quantitative estimate of drug-likeness (QED) is 0.911. The van der Waals surface area contributed by atoms with Crippen molar-refractivity contribution in [2.45, 2.75) is 6.04 Å². The van der Waals surface area contributed by atoms with Crippen LogP contribution in [0.4, 0.5) is 10.1 Å². The van der Waals surface area contributed by atoms with Crippen molar-refractivity contribution in [2.24, 2.45) is 5.73 Å². The van der Waals surface area contributed by atoms with Gasteiger partial charge in [0.2, 0.25) is 0 Å². The second-order valence-electron chi connectivity index (χ2n) is 3.55. The van der Waals surface area contributed by atoms with Crippen molar-refractivity contribution in [3.05, 3.63) is 52.6 Å². The fourth-order valence-electron chi connectivity index (χ4n) is 1.55. The van der Waals surface area contributed by atoms with E-state index in [9.17, 15) is 4.39 Å². The molecule has 1 aromatic heterocycles. The van der Waals surface area contributed by atoms with Gasteiger partial charge < -0.3 is 15.5 Å². The monoisotopic (exact) mass is 298 g/mol. The molecule has 3 N–H and O–H groups in total. The predicted octanol–water partition coefficient (Wildman–Crippen LogP) is 3.29. The van der Waals surface area contributed by atoms with Crippen molar-refractivity contribution >= 4 is 21.6 Å². The van der Waals surface area contributed by atoms with E-state index in [4.69, 9.17) is 10.2 Å². The molecule has 0 amide bonds. The number of benzene rings is 1. The van der Waals surface area contributed by atoms with E-state index in [1.54, 1.807) is 30.5 Å². The molecule has 0 fully saturated rings. The topological polar surface area (TPSA) is 51.2 Å². The molecule has 0 saturated carbocycles. The SMILES string of the molecule is NCC(Nc1ccccc1F)c1occc1Br. The van der Waals surface area contributed by atoms with Crippen LogP contribution in [0.25, 0.3) is 0 Å². The van der Waals surface area contributed by atoms with E-state index < -0.39 is 0 Å². The summed E-state index contributed by atoms with van der Waals surface area (Å²) in [4.78, 5) is 0. The lowest BCUT2D eigenvalue weighted by molar-refractivity contribution is 0.478. The highest BCUT2D eigenvalue weighted by atomic mass is 79.9. The maximum Gasteiger partial charge on any atom is 0.146 e. The summed E-state index contributed by atoms with van der Waals surface area (Å²) in [7, 11) is 0. The molecule has 1 heterocycles. The smallest absolute Gasteiger partial charge is 0.146 e. The lowest BCUT2D eigenvalue weighted by atomic mass is 10.2. The van der Waals surface area contributed by atoms with Gasteiger partial charge in [0.05, 0.1) is 22.5 Å². The summed E-state index contributed by atoms with van der Waals surface area (Å²) in [5, 5.41) is 3.02. The van der Waals surface area contributed by atoms with Gasteiger partial charge in [0.25, 0.3) is 0 Å². The molecule has 1 aromatic carbocycles. The summed E-state index contributed by atoms with van der Waals surface area (Å²) in [6, 6.07) is 7.97. The first-order valence-corrected chi connectivity index (χ1v) is 5.95. The minimum absolute atomic E-state index is 0.267. The third kappa shape index (κ3) is 2.68.